The summed E-state index contributed by atoms with van der Waals surface area (Å²) in [6.07, 6.45) is 1.18. The summed E-state index contributed by atoms with van der Waals surface area (Å²) in [7, 11) is 0. The van der Waals surface area contributed by atoms with E-state index in [9.17, 15) is 9.59 Å². The van der Waals surface area contributed by atoms with Crippen LogP contribution in [0.15, 0.2) is 0 Å². The monoisotopic (exact) mass is 299 g/mol. The van der Waals surface area contributed by atoms with E-state index in [-0.39, 0.29) is 23.7 Å². The van der Waals surface area contributed by atoms with Gasteiger partial charge in [0.2, 0.25) is 11.8 Å². The fourth-order valence-corrected chi connectivity index (χ4v) is 2.30. The van der Waals surface area contributed by atoms with Crippen LogP contribution in [-0.4, -0.2) is 49.7 Å². The number of ether oxygens (including phenoxy) is 2. The zero-order valence-corrected chi connectivity index (χ0v) is 13.8. The topological polar surface area (TPSA) is 55.8 Å². The highest BCUT2D eigenvalue weighted by atomic mass is 16.5. The third-order valence-electron chi connectivity index (χ3n) is 3.57. The minimum absolute atomic E-state index is 0.0427. The van der Waals surface area contributed by atoms with Gasteiger partial charge in [0.05, 0.1) is 13.2 Å². The van der Waals surface area contributed by atoms with E-state index in [1.165, 1.54) is 4.90 Å². The highest BCUT2D eigenvalue weighted by Gasteiger charge is 2.39. The number of nitrogens with zero attached hydrogens (tertiary/aromatic N) is 1. The van der Waals surface area contributed by atoms with E-state index in [0.29, 0.717) is 38.7 Å². The number of hydrogen-bond acceptors (Lipinski definition) is 4. The summed E-state index contributed by atoms with van der Waals surface area (Å²) in [4.78, 5) is 25.2. The number of rotatable bonds is 10. The second kappa shape index (κ2) is 9.15. The van der Waals surface area contributed by atoms with Gasteiger partial charge in [0.25, 0.3) is 0 Å². The Bertz CT molecular complexity index is 341. The SMILES string of the molecule is CC(C)COCCCOCCN1C(=O)CC(C(C)C)C1=O. The number of hydrogen-bond donors (Lipinski definition) is 0. The average molecular weight is 299 g/mol. The van der Waals surface area contributed by atoms with Gasteiger partial charge in [-0.15, -0.1) is 0 Å². The van der Waals surface area contributed by atoms with Crippen LogP contribution in [0.3, 0.4) is 0 Å². The fraction of sp³-hybridized carbons (Fsp3) is 0.875. The van der Waals surface area contributed by atoms with Crippen LogP contribution in [0, 0.1) is 17.8 Å². The maximum Gasteiger partial charge on any atom is 0.233 e. The van der Waals surface area contributed by atoms with Gasteiger partial charge >= 0.3 is 0 Å². The Hall–Kier alpha value is -0.940. The summed E-state index contributed by atoms with van der Waals surface area (Å²) in [5.41, 5.74) is 0. The van der Waals surface area contributed by atoms with Gasteiger partial charge in [-0.1, -0.05) is 27.7 Å². The van der Waals surface area contributed by atoms with Gasteiger partial charge in [0, 0.05) is 32.2 Å². The molecule has 1 aliphatic rings. The summed E-state index contributed by atoms with van der Waals surface area (Å²) < 4.78 is 10.9. The van der Waals surface area contributed by atoms with Gasteiger partial charge in [-0.2, -0.15) is 0 Å². The van der Waals surface area contributed by atoms with E-state index in [0.717, 1.165) is 13.0 Å². The minimum atomic E-state index is -0.151. The van der Waals surface area contributed by atoms with Crippen LogP contribution in [-0.2, 0) is 19.1 Å². The lowest BCUT2D eigenvalue weighted by Gasteiger charge is -2.16. The van der Waals surface area contributed by atoms with E-state index >= 15 is 0 Å². The molecular formula is C16H29NO4. The van der Waals surface area contributed by atoms with Crippen molar-refractivity contribution < 1.29 is 19.1 Å². The lowest BCUT2D eigenvalue weighted by molar-refractivity contribution is -0.140. The second-order valence-electron chi connectivity index (χ2n) is 6.37. The molecule has 1 rings (SSSR count). The van der Waals surface area contributed by atoms with Crippen LogP contribution in [0.25, 0.3) is 0 Å². The molecule has 5 nitrogen and oxygen atoms in total. The van der Waals surface area contributed by atoms with Crippen molar-refractivity contribution in [2.24, 2.45) is 17.8 Å². The number of carbonyl (C=O) groups excluding carboxylic acids is 2. The molecule has 0 aromatic rings. The number of imide groups is 1. The van der Waals surface area contributed by atoms with E-state index in [2.05, 4.69) is 13.8 Å². The first kappa shape index (κ1) is 18.1. The summed E-state index contributed by atoms with van der Waals surface area (Å²) in [5, 5.41) is 0. The van der Waals surface area contributed by atoms with Gasteiger partial charge < -0.3 is 9.47 Å². The van der Waals surface area contributed by atoms with Crippen LogP contribution < -0.4 is 0 Å². The van der Waals surface area contributed by atoms with E-state index in [1.807, 2.05) is 13.8 Å². The zero-order valence-electron chi connectivity index (χ0n) is 13.8. The smallest absolute Gasteiger partial charge is 0.233 e. The van der Waals surface area contributed by atoms with Gasteiger partial charge in [-0.05, 0) is 18.3 Å². The van der Waals surface area contributed by atoms with Crippen molar-refractivity contribution in [2.75, 3.05) is 33.0 Å². The molecule has 122 valence electrons. The molecule has 0 aromatic heterocycles. The van der Waals surface area contributed by atoms with Gasteiger partial charge in [-0.25, -0.2) is 0 Å². The molecule has 1 saturated heterocycles. The molecule has 1 atom stereocenters. The average Bonchev–Trinajstić information content (AvgIpc) is 2.69. The highest BCUT2D eigenvalue weighted by molar-refractivity contribution is 6.03. The van der Waals surface area contributed by atoms with E-state index < -0.39 is 0 Å². The van der Waals surface area contributed by atoms with Crippen molar-refractivity contribution >= 4 is 11.8 Å². The Morgan fingerprint density at radius 3 is 2.33 bits per heavy atom. The fourth-order valence-electron chi connectivity index (χ4n) is 2.30. The maximum absolute atomic E-state index is 12.1. The number of carbonyl (C=O) groups is 2. The molecular weight excluding hydrogens is 270 g/mol. The van der Waals surface area contributed by atoms with Crippen molar-refractivity contribution in [3.05, 3.63) is 0 Å². The Balaban J connectivity index is 2.10. The predicted molar refractivity (Wildman–Crippen MR) is 80.8 cm³/mol. The minimum Gasteiger partial charge on any atom is -0.381 e. The second-order valence-corrected chi connectivity index (χ2v) is 6.37. The third-order valence-corrected chi connectivity index (χ3v) is 3.57. The first-order chi connectivity index (χ1) is 9.93. The zero-order chi connectivity index (χ0) is 15.8. The summed E-state index contributed by atoms with van der Waals surface area (Å²) in [5.74, 6) is 0.501. The lowest BCUT2D eigenvalue weighted by Crippen LogP contribution is -2.34. The first-order valence-corrected chi connectivity index (χ1v) is 7.93. The largest absolute Gasteiger partial charge is 0.381 e. The van der Waals surface area contributed by atoms with Crippen molar-refractivity contribution in [1.29, 1.82) is 0 Å². The molecule has 1 fully saturated rings. The molecule has 0 N–H and O–H groups in total. The molecule has 1 aliphatic heterocycles. The molecule has 0 spiro atoms. The van der Waals surface area contributed by atoms with Gasteiger partial charge in [0.15, 0.2) is 0 Å². The van der Waals surface area contributed by atoms with Crippen molar-refractivity contribution in [3.8, 4) is 0 Å². The van der Waals surface area contributed by atoms with Crippen LogP contribution >= 0.6 is 0 Å². The highest BCUT2D eigenvalue weighted by Crippen LogP contribution is 2.25. The first-order valence-electron chi connectivity index (χ1n) is 7.93. The molecule has 1 unspecified atom stereocenters. The van der Waals surface area contributed by atoms with Gasteiger partial charge in [0.1, 0.15) is 0 Å². The maximum atomic E-state index is 12.1. The molecule has 1 heterocycles. The molecule has 0 radical (unpaired) electrons. The quantitative estimate of drug-likeness (QED) is 0.458. The third kappa shape index (κ3) is 6.14. The number of amides is 2. The van der Waals surface area contributed by atoms with Crippen LogP contribution in [0.4, 0.5) is 0 Å². The van der Waals surface area contributed by atoms with Crippen LogP contribution in [0.1, 0.15) is 40.5 Å². The lowest BCUT2D eigenvalue weighted by atomic mass is 9.94. The predicted octanol–water partition coefficient (Wildman–Crippen LogP) is 2.10. The summed E-state index contributed by atoms with van der Waals surface area (Å²) in [6.45, 7) is 11.0. The molecule has 0 aliphatic carbocycles. The summed E-state index contributed by atoms with van der Waals surface area (Å²) >= 11 is 0. The van der Waals surface area contributed by atoms with E-state index in [1.54, 1.807) is 0 Å². The standard InChI is InChI=1S/C16H29NO4/c1-12(2)11-21-8-5-7-20-9-6-17-15(18)10-14(13(3)4)16(17)19/h12-14H,5-11H2,1-4H3. The Morgan fingerprint density at radius 1 is 1.10 bits per heavy atom. The summed E-state index contributed by atoms with van der Waals surface area (Å²) in [6, 6.07) is 0. The molecule has 5 heteroatoms. The normalized spacial score (nSPS) is 19.3. The molecule has 21 heavy (non-hydrogen) atoms. The Kier molecular flexibility index (Phi) is 7.89. The van der Waals surface area contributed by atoms with Crippen molar-refractivity contribution in [3.63, 3.8) is 0 Å². The molecule has 0 bridgehead atoms. The molecule has 2 amide bonds. The molecule has 0 aromatic carbocycles. The van der Waals surface area contributed by atoms with Crippen molar-refractivity contribution in [2.45, 2.75) is 40.5 Å². The van der Waals surface area contributed by atoms with Crippen LogP contribution in [0.5, 0.6) is 0 Å². The number of likely N-dealkylation sites (tertiary alicyclic amines) is 1. The Morgan fingerprint density at radius 2 is 1.76 bits per heavy atom. The van der Waals surface area contributed by atoms with Crippen molar-refractivity contribution in [1.82, 2.24) is 4.90 Å². The van der Waals surface area contributed by atoms with E-state index in [4.69, 9.17) is 9.47 Å². The van der Waals surface area contributed by atoms with Crippen LogP contribution in [0.2, 0.25) is 0 Å². The van der Waals surface area contributed by atoms with Gasteiger partial charge in [-0.3, -0.25) is 14.5 Å². The molecule has 0 saturated carbocycles. The Labute approximate surface area is 128 Å².